The molecule has 4 nitrogen and oxygen atoms in total. The summed E-state index contributed by atoms with van der Waals surface area (Å²) < 4.78 is 0. The molecule has 2 rings (SSSR count). The largest absolute Gasteiger partial charge is 0.370 e. The Morgan fingerprint density at radius 1 is 1.19 bits per heavy atom. The van der Waals surface area contributed by atoms with Gasteiger partial charge in [-0.3, -0.25) is 0 Å². The van der Waals surface area contributed by atoms with Crippen LogP contribution >= 0.6 is 0 Å². The topological polar surface area (TPSA) is 49.8 Å². The smallest absolute Gasteiger partial charge is 0.134 e. The van der Waals surface area contributed by atoms with Crippen molar-refractivity contribution in [1.29, 1.82) is 0 Å². The first-order chi connectivity index (χ1) is 9.95. The molecule has 1 aromatic heterocycles. The van der Waals surface area contributed by atoms with E-state index < -0.39 is 0 Å². The van der Waals surface area contributed by atoms with Gasteiger partial charge in [0.05, 0.1) is 0 Å². The van der Waals surface area contributed by atoms with Crippen LogP contribution in [0.25, 0.3) is 0 Å². The van der Waals surface area contributed by atoms with Crippen molar-refractivity contribution < 1.29 is 0 Å². The van der Waals surface area contributed by atoms with E-state index in [1.807, 2.05) is 0 Å². The van der Waals surface area contributed by atoms with E-state index in [0.717, 1.165) is 42.4 Å². The lowest BCUT2D eigenvalue weighted by Crippen LogP contribution is -2.20. The number of hydrogen-bond acceptors (Lipinski definition) is 4. The second kappa shape index (κ2) is 6.63. The molecule has 4 heteroatoms. The number of anilines is 2. The molecule has 0 spiro atoms. The van der Waals surface area contributed by atoms with Crippen LogP contribution in [0.15, 0.2) is 0 Å². The van der Waals surface area contributed by atoms with Gasteiger partial charge in [0.1, 0.15) is 17.5 Å². The highest BCUT2D eigenvalue weighted by Crippen LogP contribution is 2.38. The van der Waals surface area contributed by atoms with Gasteiger partial charge in [0.15, 0.2) is 0 Å². The molecule has 1 atom stereocenters. The summed E-state index contributed by atoms with van der Waals surface area (Å²) in [5.74, 6) is 2.95. The number of rotatable bonds is 6. The van der Waals surface area contributed by atoms with E-state index >= 15 is 0 Å². The minimum Gasteiger partial charge on any atom is -0.370 e. The quantitative estimate of drug-likeness (QED) is 0.826. The molecule has 1 heterocycles. The molecule has 0 radical (unpaired) electrons. The van der Waals surface area contributed by atoms with E-state index in [-0.39, 0.29) is 0 Å². The molecule has 1 unspecified atom stereocenters. The molecule has 0 bridgehead atoms. The zero-order valence-corrected chi connectivity index (χ0v) is 14.2. The van der Waals surface area contributed by atoms with Gasteiger partial charge in [0.2, 0.25) is 0 Å². The van der Waals surface area contributed by atoms with E-state index in [1.54, 1.807) is 0 Å². The molecule has 0 aromatic carbocycles. The first-order valence-electron chi connectivity index (χ1n) is 8.33. The van der Waals surface area contributed by atoms with Gasteiger partial charge in [0.25, 0.3) is 0 Å². The molecule has 1 fully saturated rings. The van der Waals surface area contributed by atoms with Crippen molar-refractivity contribution in [2.45, 2.75) is 72.8 Å². The van der Waals surface area contributed by atoms with E-state index in [9.17, 15) is 0 Å². The molecule has 0 saturated heterocycles. The molecule has 1 aliphatic rings. The van der Waals surface area contributed by atoms with Crippen molar-refractivity contribution >= 4 is 11.6 Å². The highest BCUT2D eigenvalue weighted by atomic mass is 15.1. The predicted molar refractivity (Wildman–Crippen MR) is 90.0 cm³/mol. The zero-order chi connectivity index (χ0) is 15.5. The summed E-state index contributed by atoms with van der Waals surface area (Å²) in [5.41, 5.74) is 1.59. The van der Waals surface area contributed by atoms with Gasteiger partial charge >= 0.3 is 0 Å². The van der Waals surface area contributed by atoms with Gasteiger partial charge in [-0.05, 0) is 44.9 Å². The van der Waals surface area contributed by atoms with Crippen LogP contribution in [0.1, 0.15) is 64.8 Å². The zero-order valence-electron chi connectivity index (χ0n) is 14.2. The SMILES string of the molecule is CCCc1nc(NCC)c(C)c(NC2CCC(C)(C)C2)n1. The molecule has 1 saturated carbocycles. The third kappa shape index (κ3) is 4.08. The Labute approximate surface area is 129 Å². The van der Waals surface area contributed by atoms with Gasteiger partial charge in [-0.2, -0.15) is 0 Å². The number of aromatic nitrogens is 2. The molecular weight excluding hydrogens is 260 g/mol. The predicted octanol–water partition coefficient (Wildman–Crippen LogP) is 4.16. The fourth-order valence-corrected chi connectivity index (χ4v) is 3.13. The van der Waals surface area contributed by atoms with Gasteiger partial charge < -0.3 is 10.6 Å². The summed E-state index contributed by atoms with van der Waals surface area (Å²) in [5, 5.41) is 7.04. The molecule has 1 aliphatic carbocycles. The second-order valence-corrected chi connectivity index (χ2v) is 6.99. The summed E-state index contributed by atoms with van der Waals surface area (Å²) in [6.45, 7) is 12.0. The lowest BCUT2D eigenvalue weighted by molar-refractivity contribution is 0.378. The third-order valence-electron chi connectivity index (χ3n) is 4.32. The lowest BCUT2D eigenvalue weighted by atomic mass is 9.92. The van der Waals surface area contributed by atoms with E-state index in [1.165, 1.54) is 19.3 Å². The standard InChI is InChI=1S/C17H30N4/c1-6-8-14-20-15(18-7-2)12(3)16(21-14)19-13-9-10-17(4,5)11-13/h13H,6-11H2,1-5H3,(H2,18,19,20,21). The first-order valence-corrected chi connectivity index (χ1v) is 8.33. The Bertz CT molecular complexity index is 482. The average molecular weight is 290 g/mol. The van der Waals surface area contributed by atoms with E-state index in [0.29, 0.717) is 11.5 Å². The number of nitrogens with zero attached hydrogens (tertiary/aromatic N) is 2. The highest BCUT2D eigenvalue weighted by molar-refractivity contribution is 5.57. The first kappa shape index (κ1) is 16.1. The van der Waals surface area contributed by atoms with Crippen molar-refractivity contribution in [2.24, 2.45) is 5.41 Å². The Kier molecular flexibility index (Phi) is 5.07. The van der Waals surface area contributed by atoms with Crippen LogP contribution in [0.2, 0.25) is 0 Å². The van der Waals surface area contributed by atoms with Crippen LogP contribution in [-0.4, -0.2) is 22.6 Å². The summed E-state index contributed by atoms with van der Waals surface area (Å²) in [6, 6.07) is 0.539. The molecule has 0 amide bonds. The molecule has 2 N–H and O–H groups in total. The summed E-state index contributed by atoms with van der Waals surface area (Å²) in [6.07, 6.45) is 5.75. The summed E-state index contributed by atoms with van der Waals surface area (Å²) >= 11 is 0. The second-order valence-electron chi connectivity index (χ2n) is 6.99. The fourth-order valence-electron chi connectivity index (χ4n) is 3.13. The van der Waals surface area contributed by atoms with Crippen molar-refractivity contribution in [3.8, 4) is 0 Å². The minimum absolute atomic E-state index is 0.454. The highest BCUT2D eigenvalue weighted by Gasteiger charge is 2.31. The number of nitrogens with one attached hydrogen (secondary N) is 2. The molecular formula is C17H30N4. The summed E-state index contributed by atoms with van der Waals surface area (Å²) in [4.78, 5) is 9.41. The van der Waals surface area contributed by atoms with E-state index in [2.05, 4.69) is 50.2 Å². The Balaban J connectivity index is 2.20. The van der Waals surface area contributed by atoms with Gasteiger partial charge in [0, 0.05) is 24.6 Å². The fraction of sp³-hybridized carbons (Fsp3) is 0.765. The normalized spacial score (nSPS) is 20.5. The maximum Gasteiger partial charge on any atom is 0.134 e. The van der Waals surface area contributed by atoms with Crippen molar-refractivity contribution in [3.63, 3.8) is 0 Å². The monoisotopic (exact) mass is 290 g/mol. The van der Waals surface area contributed by atoms with Crippen LogP contribution in [0.3, 0.4) is 0 Å². The third-order valence-corrected chi connectivity index (χ3v) is 4.32. The van der Waals surface area contributed by atoms with Crippen LogP contribution in [0.4, 0.5) is 11.6 Å². The number of hydrogen-bond donors (Lipinski definition) is 2. The molecule has 118 valence electrons. The maximum atomic E-state index is 4.75. The summed E-state index contributed by atoms with van der Waals surface area (Å²) in [7, 11) is 0. The molecule has 0 aliphatic heterocycles. The van der Waals surface area contributed by atoms with Crippen molar-refractivity contribution in [3.05, 3.63) is 11.4 Å². The minimum atomic E-state index is 0.454. The van der Waals surface area contributed by atoms with Crippen LogP contribution in [0.5, 0.6) is 0 Å². The molecule has 1 aromatic rings. The van der Waals surface area contributed by atoms with Gasteiger partial charge in [-0.25, -0.2) is 9.97 Å². The van der Waals surface area contributed by atoms with Gasteiger partial charge in [-0.15, -0.1) is 0 Å². The Morgan fingerprint density at radius 2 is 1.90 bits per heavy atom. The van der Waals surface area contributed by atoms with Crippen LogP contribution in [-0.2, 0) is 6.42 Å². The number of aryl methyl sites for hydroxylation is 1. The Morgan fingerprint density at radius 3 is 2.48 bits per heavy atom. The Hall–Kier alpha value is -1.32. The van der Waals surface area contributed by atoms with E-state index in [4.69, 9.17) is 4.98 Å². The van der Waals surface area contributed by atoms with Gasteiger partial charge in [-0.1, -0.05) is 20.8 Å². The van der Waals surface area contributed by atoms with Crippen LogP contribution in [0, 0.1) is 12.3 Å². The maximum absolute atomic E-state index is 4.75. The average Bonchev–Trinajstić information content (AvgIpc) is 2.75. The van der Waals surface area contributed by atoms with Crippen molar-refractivity contribution in [2.75, 3.05) is 17.2 Å². The van der Waals surface area contributed by atoms with Crippen LogP contribution < -0.4 is 10.6 Å². The lowest BCUT2D eigenvalue weighted by Gasteiger charge is -2.20. The molecule has 21 heavy (non-hydrogen) atoms. The van der Waals surface area contributed by atoms with Crippen molar-refractivity contribution in [1.82, 2.24) is 9.97 Å².